The molecule has 0 aromatic rings. The van der Waals surface area contributed by atoms with Crippen molar-refractivity contribution in [2.45, 2.75) is 38.8 Å². The van der Waals surface area contributed by atoms with E-state index >= 15 is 0 Å². The predicted molar refractivity (Wildman–Crippen MR) is 54.5 cm³/mol. The van der Waals surface area contributed by atoms with Crippen LogP contribution in [-0.2, 0) is 9.53 Å². The molecular weight excluding hydrogens is 200 g/mol. The number of carbonyl (C=O) groups is 2. The van der Waals surface area contributed by atoms with Gasteiger partial charge in [0.25, 0.3) is 0 Å². The van der Waals surface area contributed by atoms with E-state index in [9.17, 15) is 9.59 Å². The first kappa shape index (κ1) is 13.7. The van der Waals surface area contributed by atoms with Gasteiger partial charge in [0.05, 0.1) is 12.5 Å². The molecule has 0 heterocycles. The highest BCUT2D eigenvalue weighted by Gasteiger charge is 2.20. The van der Waals surface area contributed by atoms with Crippen LogP contribution in [0.25, 0.3) is 0 Å². The van der Waals surface area contributed by atoms with Crippen LogP contribution in [0.4, 0.5) is 4.79 Å². The maximum absolute atomic E-state index is 11.2. The van der Waals surface area contributed by atoms with E-state index in [0.717, 1.165) is 0 Å². The van der Waals surface area contributed by atoms with Gasteiger partial charge >= 0.3 is 12.1 Å². The Labute approximate surface area is 88.8 Å². The third-order valence-electron chi connectivity index (χ3n) is 1.43. The molecule has 0 radical (unpaired) electrons. The summed E-state index contributed by atoms with van der Waals surface area (Å²) in [4.78, 5) is 21.6. The maximum atomic E-state index is 11.2. The van der Waals surface area contributed by atoms with E-state index in [4.69, 9.17) is 15.6 Å². The summed E-state index contributed by atoms with van der Waals surface area (Å²) >= 11 is 0. The fourth-order valence-electron chi connectivity index (χ4n) is 0.878. The standard InChI is InChI=1S/C9H18N2O4/c1-9(2,3)15-8(14)11-6(5-10)4-7(12)13/h6H,4-5,10H2,1-3H3,(H,11,14)(H,12,13). The van der Waals surface area contributed by atoms with Gasteiger partial charge < -0.3 is 20.9 Å². The van der Waals surface area contributed by atoms with Crippen LogP contribution in [0.2, 0.25) is 0 Å². The molecule has 4 N–H and O–H groups in total. The molecule has 0 bridgehead atoms. The van der Waals surface area contributed by atoms with E-state index in [-0.39, 0.29) is 13.0 Å². The molecule has 0 aliphatic carbocycles. The van der Waals surface area contributed by atoms with Gasteiger partial charge in [-0.3, -0.25) is 4.79 Å². The number of ether oxygens (including phenoxy) is 1. The summed E-state index contributed by atoms with van der Waals surface area (Å²) in [5.41, 5.74) is 4.69. The van der Waals surface area contributed by atoms with Crippen molar-refractivity contribution in [2.75, 3.05) is 6.54 Å². The number of alkyl carbamates (subject to hydrolysis) is 1. The van der Waals surface area contributed by atoms with Crippen molar-refractivity contribution in [3.05, 3.63) is 0 Å². The quantitative estimate of drug-likeness (QED) is 0.630. The first-order valence-corrected chi connectivity index (χ1v) is 4.66. The summed E-state index contributed by atoms with van der Waals surface area (Å²) in [6.07, 6.45) is -0.866. The Bertz CT molecular complexity index is 235. The molecule has 6 heteroatoms. The van der Waals surface area contributed by atoms with Crippen molar-refractivity contribution < 1.29 is 19.4 Å². The molecule has 0 spiro atoms. The minimum atomic E-state index is -1.01. The normalized spacial score (nSPS) is 13.1. The Hall–Kier alpha value is -1.30. The highest BCUT2D eigenvalue weighted by molar-refractivity contribution is 5.71. The number of carboxylic acids is 1. The number of aliphatic carboxylic acids is 1. The van der Waals surface area contributed by atoms with Gasteiger partial charge in [0, 0.05) is 6.54 Å². The Morgan fingerprint density at radius 1 is 1.47 bits per heavy atom. The van der Waals surface area contributed by atoms with Crippen molar-refractivity contribution in [2.24, 2.45) is 5.73 Å². The van der Waals surface area contributed by atoms with E-state index in [2.05, 4.69) is 5.32 Å². The maximum Gasteiger partial charge on any atom is 0.407 e. The minimum absolute atomic E-state index is 0.0611. The summed E-state index contributed by atoms with van der Waals surface area (Å²) in [5.74, 6) is -1.01. The first-order chi connectivity index (χ1) is 6.74. The number of hydrogen-bond donors (Lipinski definition) is 3. The lowest BCUT2D eigenvalue weighted by Gasteiger charge is -2.22. The van der Waals surface area contributed by atoms with Crippen LogP contribution in [0, 0.1) is 0 Å². The third kappa shape index (κ3) is 7.75. The average molecular weight is 218 g/mol. The van der Waals surface area contributed by atoms with Gasteiger partial charge in [-0.1, -0.05) is 0 Å². The number of nitrogens with one attached hydrogen (secondary N) is 1. The van der Waals surface area contributed by atoms with Gasteiger partial charge in [0.1, 0.15) is 5.60 Å². The molecular formula is C9H18N2O4. The van der Waals surface area contributed by atoms with Crippen LogP contribution in [0.1, 0.15) is 27.2 Å². The van der Waals surface area contributed by atoms with Crippen LogP contribution in [0.15, 0.2) is 0 Å². The Morgan fingerprint density at radius 2 is 2.00 bits per heavy atom. The monoisotopic (exact) mass is 218 g/mol. The van der Waals surface area contributed by atoms with Crippen molar-refractivity contribution in [1.29, 1.82) is 0 Å². The number of carbonyl (C=O) groups excluding carboxylic acids is 1. The fraction of sp³-hybridized carbons (Fsp3) is 0.778. The third-order valence-corrected chi connectivity index (χ3v) is 1.43. The van der Waals surface area contributed by atoms with Gasteiger partial charge in [-0.15, -0.1) is 0 Å². The Morgan fingerprint density at radius 3 is 2.33 bits per heavy atom. The molecule has 6 nitrogen and oxygen atoms in total. The van der Waals surface area contributed by atoms with E-state index in [1.807, 2.05) is 0 Å². The average Bonchev–Trinajstić information content (AvgIpc) is 1.98. The molecule has 88 valence electrons. The number of nitrogens with two attached hydrogens (primary N) is 1. The lowest BCUT2D eigenvalue weighted by atomic mass is 10.2. The summed E-state index contributed by atoms with van der Waals surface area (Å²) in [6.45, 7) is 5.23. The Balaban J connectivity index is 4.07. The van der Waals surface area contributed by atoms with Crippen LogP contribution in [0.5, 0.6) is 0 Å². The fourth-order valence-corrected chi connectivity index (χ4v) is 0.878. The largest absolute Gasteiger partial charge is 0.481 e. The smallest absolute Gasteiger partial charge is 0.407 e. The van der Waals surface area contributed by atoms with E-state index in [1.165, 1.54) is 0 Å². The zero-order valence-corrected chi connectivity index (χ0v) is 9.24. The molecule has 15 heavy (non-hydrogen) atoms. The van der Waals surface area contributed by atoms with E-state index < -0.39 is 23.7 Å². The predicted octanol–water partition coefficient (Wildman–Crippen LogP) is 0.313. The molecule has 0 aromatic heterocycles. The van der Waals surface area contributed by atoms with Crippen molar-refractivity contribution in [3.8, 4) is 0 Å². The summed E-state index contributed by atoms with van der Waals surface area (Å²) < 4.78 is 4.95. The molecule has 0 saturated heterocycles. The SMILES string of the molecule is CC(C)(C)OC(=O)NC(CN)CC(=O)O. The molecule has 0 saturated carbocycles. The lowest BCUT2D eigenvalue weighted by Crippen LogP contribution is -2.44. The van der Waals surface area contributed by atoms with Gasteiger partial charge in [-0.25, -0.2) is 4.79 Å². The highest BCUT2D eigenvalue weighted by atomic mass is 16.6. The second kappa shape index (κ2) is 5.55. The minimum Gasteiger partial charge on any atom is -0.481 e. The molecule has 0 fully saturated rings. The van der Waals surface area contributed by atoms with Crippen LogP contribution in [-0.4, -0.2) is 35.4 Å². The van der Waals surface area contributed by atoms with Gasteiger partial charge in [0.15, 0.2) is 0 Å². The van der Waals surface area contributed by atoms with Gasteiger partial charge in [-0.2, -0.15) is 0 Å². The van der Waals surface area contributed by atoms with Crippen LogP contribution in [0.3, 0.4) is 0 Å². The molecule has 0 aliphatic heterocycles. The first-order valence-electron chi connectivity index (χ1n) is 4.66. The van der Waals surface area contributed by atoms with Crippen LogP contribution < -0.4 is 11.1 Å². The topological polar surface area (TPSA) is 102 Å². The summed E-state index contributed by atoms with van der Waals surface area (Å²) in [5, 5.41) is 10.9. The molecule has 1 atom stereocenters. The second-order valence-corrected chi connectivity index (χ2v) is 4.18. The molecule has 1 amide bonds. The van der Waals surface area contributed by atoms with Gasteiger partial charge in [-0.05, 0) is 20.8 Å². The van der Waals surface area contributed by atoms with E-state index in [1.54, 1.807) is 20.8 Å². The number of carboxylic acid groups (broad SMARTS) is 1. The zero-order chi connectivity index (χ0) is 12.1. The lowest BCUT2D eigenvalue weighted by molar-refractivity contribution is -0.137. The number of hydrogen-bond acceptors (Lipinski definition) is 4. The second-order valence-electron chi connectivity index (χ2n) is 4.18. The molecule has 1 unspecified atom stereocenters. The Kier molecular flexibility index (Phi) is 5.07. The summed E-state index contributed by atoms with van der Waals surface area (Å²) in [7, 11) is 0. The molecule has 0 rings (SSSR count). The molecule has 0 aromatic carbocycles. The number of rotatable bonds is 4. The van der Waals surface area contributed by atoms with E-state index in [0.29, 0.717) is 0 Å². The van der Waals surface area contributed by atoms with Crippen molar-refractivity contribution in [1.82, 2.24) is 5.32 Å². The molecule has 0 aliphatic rings. The van der Waals surface area contributed by atoms with Gasteiger partial charge in [0.2, 0.25) is 0 Å². The van der Waals surface area contributed by atoms with Crippen molar-refractivity contribution in [3.63, 3.8) is 0 Å². The highest BCUT2D eigenvalue weighted by Crippen LogP contribution is 2.06. The van der Waals surface area contributed by atoms with Crippen molar-refractivity contribution >= 4 is 12.1 Å². The zero-order valence-electron chi connectivity index (χ0n) is 9.24. The number of amides is 1. The summed E-state index contributed by atoms with van der Waals surface area (Å²) in [6, 6.07) is -0.600. The van der Waals surface area contributed by atoms with Crippen LogP contribution >= 0.6 is 0 Å².